The highest BCUT2D eigenvalue weighted by atomic mass is 79.9. The summed E-state index contributed by atoms with van der Waals surface area (Å²) in [5.41, 5.74) is 0.446. The summed E-state index contributed by atoms with van der Waals surface area (Å²) in [6.45, 7) is 0. The molecule has 0 amide bonds. The second-order valence-electron chi connectivity index (χ2n) is 2.62. The van der Waals surface area contributed by atoms with Crippen molar-refractivity contribution in [3.63, 3.8) is 0 Å². The lowest BCUT2D eigenvalue weighted by atomic mass is 10.1. The summed E-state index contributed by atoms with van der Waals surface area (Å²) in [5.74, 6) is 4.22. The number of rotatable bonds is 1. The molecule has 15 heavy (non-hydrogen) atoms. The van der Waals surface area contributed by atoms with Crippen LogP contribution in [0.1, 0.15) is 15.9 Å². The van der Waals surface area contributed by atoms with Crippen molar-refractivity contribution >= 4 is 21.9 Å². The number of hydrogen-bond donors (Lipinski definition) is 0. The van der Waals surface area contributed by atoms with E-state index in [0.717, 1.165) is 6.07 Å². The fourth-order valence-corrected chi connectivity index (χ4v) is 1.13. The predicted molar refractivity (Wildman–Crippen MR) is 58.4 cm³/mol. The van der Waals surface area contributed by atoms with Crippen molar-refractivity contribution in [3.8, 4) is 11.8 Å². The van der Waals surface area contributed by atoms with E-state index in [2.05, 4.69) is 32.5 Å². The Balaban J connectivity index is 3.03. The van der Waals surface area contributed by atoms with E-state index in [0.29, 0.717) is 5.33 Å². The van der Waals surface area contributed by atoms with Crippen LogP contribution in [0.2, 0.25) is 0 Å². The third kappa shape index (κ3) is 3.07. The summed E-state index contributed by atoms with van der Waals surface area (Å²) in [6.07, 6.45) is 0. The van der Waals surface area contributed by atoms with E-state index in [1.54, 1.807) is 0 Å². The van der Waals surface area contributed by atoms with Gasteiger partial charge in [0.1, 0.15) is 5.82 Å². The van der Waals surface area contributed by atoms with Crippen molar-refractivity contribution in [1.82, 2.24) is 0 Å². The summed E-state index contributed by atoms with van der Waals surface area (Å²) in [6, 6.07) is 4.05. The van der Waals surface area contributed by atoms with Crippen LogP contribution in [-0.2, 0) is 4.74 Å². The largest absolute Gasteiger partial charge is 0.465 e. The number of carbonyl (C=O) groups excluding carboxylic acids is 1. The number of ether oxygens (including phenoxy) is 1. The molecule has 0 atom stereocenters. The molecule has 1 aromatic carbocycles. The van der Waals surface area contributed by atoms with Gasteiger partial charge >= 0.3 is 5.97 Å². The normalized spacial score (nSPS) is 9.00. The van der Waals surface area contributed by atoms with Gasteiger partial charge in [-0.2, -0.15) is 0 Å². The Kier molecular flexibility index (Phi) is 4.32. The Hall–Kier alpha value is -1.34. The minimum atomic E-state index is -0.561. The van der Waals surface area contributed by atoms with Crippen LogP contribution >= 0.6 is 15.9 Å². The number of benzene rings is 1. The van der Waals surface area contributed by atoms with Gasteiger partial charge in [-0.05, 0) is 18.2 Å². The van der Waals surface area contributed by atoms with Gasteiger partial charge in [0.05, 0.1) is 23.6 Å². The number of carbonyl (C=O) groups is 1. The zero-order valence-electron chi connectivity index (χ0n) is 8.01. The molecule has 2 nitrogen and oxygen atoms in total. The van der Waals surface area contributed by atoms with E-state index < -0.39 is 11.8 Å². The Bertz CT molecular complexity index is 432. The van der Waals surface area contributed by atoms with Crippen LogP contribution in [0.3, 0.4) is 0 Å². The second kappa shape index (κ2) is 5.52. The maximum Gasteiger partial charge on any atom is 0.337 e. The maximum atomic E-state index is 13.3. The maximum absolute atomic E-state index is 13.3. The van der Waals surface area contributed by atoms with E-state index in [-0.39, 0.29) is 11.1 Å². The average Bonchev–Trinajstić information content (AvgIpc) is 2.26. The van der Waals surface area contributed by atoms with E-state index in [1.807, 2.05) is 0 Å². The second-order valence-corrected chi connectivity index (χ2v) is 3.18. The first-order chi connectivity index (χ1) is 7.19. The summed E-state index contributed by atoms with van der Waals surface area (Å²) < 4.78 is 17.8. The van der Waals surface area contributed by atoms with Gasteiger partial charge in [-0.1, -0.05) is 27.8 Å². The summed E-state index contributed by atoms with van der Waals surface area (Å²) in [5, 5.41) is 0.477. The fraction of sp³-hybridized carbons (Fsp3) is 0.182. The van der Waals surface area contributed by atoms with Crippen molar-refractivity contribution in [2.45, 2.75) is 0 Å². The van der Waals surface area contributed by atoms with Crippen molar-refractivity contribution in [1.29, 1.82) is 0 Å². The topological polar surface area (TPSA) is 26.3 Å². The van der Waals surface area contributed by atoms with Gasteiger partial charge in [-0.15, -0.1) is 0 Å². The first-order valence-corrected chi connectivity index (χ1v) is 5.24. The van der Waals surface area contributed by atoms with Gasteiger partial charge in [-0.3, -0.25) is 0 Å². The van der Waals surface area contributed by atoms with Crippen molar-refractivity contribution in [2.75, 3.05) is 12.4 Å². The molecule has 1 aromatic rings. The van der Waals surface area contributed by atoms with Crippen molar-refractivity contribution in [3.05, 3.63) is 35.1 Å². The Morgan fingerprint density at radius 1 is 1.60 bits per heavy atom. The molecule has 78 valence electrons. The first-order valence-electron chi connectivity index (χ1n) is 4.11. The number of methoxy groups -OCH3 is 1. The van der Waals surface area contributed by atoms with Crippen LogP contribution in [0.25, 0.3) is 0 Å². The first kappa shape index (κ1) is 11.7. The molecule has 0 unspecified atom stereocenters. The average molecular weight is 271 g/mol. The van der Waals surface area contributed by atoms with E-state index in [1.165, 1.54) is 19.2 Å². The molecule has 0 fully saturated rings. The summed E-state index contributed by atoms with van der Waals surface area (Å²) in [4.78, 5) is 11.1. The Labute approximate surface area is 95.6 Å². The van der Waals surface area contributed by atoms with Crippen molar-refractivity contribution < 1.29 is 13.9 Å². The van der Waals surface area contributed by atoms with Gasteiger partial charge in [0.25, 0.3) is 0 Å². The van der Waals surface area contributed by atoms with Crippen LogP contribution in [0.15, 0.2) is 18.2 Å². The summed E-state index contributed by atoms with van der Waals surface area (Å²) in [7, 11) is 1.25. The van der Waals surface area contributed by atoms with Gasteiger partial charge in [-0.25, -0.2) is 9.18 Å². The monoisotopic (exact) mass is 270 g/mol. The molecule has 0 heterocycles. The van der Waals surface area contributed by atoms with Crippen LogP contribution in [0.4, 0.5) is 4.39 Å². The standard InChI is InChI=1S/C11H8BrFO2/c1-15-11(14)9-5-4-8(3-2-6-12)10(13)7-9/h4-5,7H,6H2,1H3. The van der Waals surface area contributed by atoms with Gasteiger partial charge in [0, 0.05) is 0 Å². The van der Waals surface area contributed by atoms with Gasteiger partial charge < -0.3 is 4.74 Å². The molecule has 0 spiro atoms. The van der Waals surface area contributed by atoms with Crippen LogP contribution < -0.4 is 0 Å². The highest BCUT2D eigenvalue weighted by molar-refractivity contribution is 9.09. The smallest absolute Gasteiger partial charge is 0.337 e. The van der Waals surface area contributed by atoms with Gasteiger partial charge in [0.2, 0.25) is 0 Å². The lowest BCUT2D eigenvalue weighted by molar-refractivity contribution is 0.0600. The minimum Gasteiger partial charge on any atom is -0.465 e. The van der Waals surface area contributed by atoms with Crippen LogP contribution in [0, 0.1) is 17.7 Å². The molecular weight excluding hydrogens is 263 g/mol. The van der Waals surface area contributed by atoms with Crippen LogP contribution in [-0.4, -0.2) is 18.4 Å². The van der Waals surface area contributed by atoms with E-state index in [4.69, 9.17) is 0 Å². The molecule has 0 N–H and O–H groups in total. The molecule has 0 saturated heterocycles. The Morgan fingerprint density at radius 3 is 2.87 bits per heavy atom. The molecular formula is C11H8BrFO2. The quantitative estimate of drug-likeness (QED) is 0.445. The predicted octanol–water partition coefficient (Wildman–Crippen LogP) is 2.36. The molecule has 4 heteroatoms. The molecule has 0 saturated carbocycles. The molecule has 0 aliphatic rings. The lowest BCUT2D eigenvalue weighted by Gasteiger charge is -2.00. The molecule has 0 aromatic heterocycles. The highest BCUT2D eigenvalue weighted by Crippen LogP contribution is 2.10. The number of halogens is 2. The molecule has 0 radical (unpaired) electrons. The fourth-order valence-electron chi connectivity index (χ4n) is 0.990. The zero-order valence-corrected chi connectivity index (χ0v) is 9.60. The zero-order chi connectivity index (χ0) is 11.3. The minimum absolute atomic E-state index is 0.180. The summed E-state index contributed by atoms with van der Waals surface area (Å²) >= 11 is 3.11. The third-order valence-corrected chi connectivity index (χ3v) is 1.96. The van der Waals surface area contributed by atoms with E-state index in [9.17, 15) is 9.18 Å². The van der Waals surface area contributed by atoms with E-state index >= 15 is 0 Å². The highest BCUT2D eigenvalue weighted by Gasteiger charge is 2.08. The number of hydrogen-bond acceptors (Lipinski definition) is 2. The third-order valence-electron chi connectivity index (χ3n) is 1.68. The lowest BCUT2D eigenvalue weighted by Crippen LogP contribution is -2.02. The SMILES string of the molecule is COC(=O)c1ccc(C#CCBr)c(F)c1. The van der Waals surface area contributed by atoms with Crippen molar-refractivity contribution in [2.24, 2.45) is 0 Å². The number of alkyl halides is 1. The molecule has 0 aliphatic carbocycles. The Morgan fingerprint density at radius 2 is 2.33 bits per heavy atom. The molecule has 1 rings (SSSR count). The molecule has 0 aliphatic heterocycles. The number of esters is 1. The molecule has 0 bridgehead atoms. The van der Waals surface area contributed by atoms with Gasteiger partial charge in [0.15, 0.2) is 0 Å². The van der Waals surface area contributed by atoms with Crippen LogP contribution in [0.5, 0.6) is 0 Å².